The van der Waals surface area contributed by atoms with Crippen molar-refractivity contribution in [2.24, 2.45) is 0 Å². The van der Waals surface area contributed by atoms with Gasteiger partial charge in [0.2, 0.25) is 0 Å². The fourth-order valence-electron chi connectivity index (χ4n) is 4.82. The summed E-state index contributed by atoms with van der Waals surface area (Å²) in [4.78, 5) is 21.2. The van der Waals surface area contributed by atoms with Crippen molar-refractivity contribution in [1.29, 1.82) is 0 Å². The van der Waals surface area contributed by atoms with Crippen LogP contribution in [0.15, 0.2) is 70.0 Å². The number of hydrogen-bond donors (Lipinski definition) is 0. The predicted molar refractivity (Wildman–Crippen MR) is 127 cm³/mol. The van der Waals surface area contributed by atoms with Gasteiger partial charge >= 0.3 is 0 Å². The third-order valence-electron chi connectivity index (χ3n) is 6.57. The van der Waals surface area contributed by atoms with Crippen LogP contribution < -0.4 is 5.56 Å². The summed E-state index contributed by atoms with van der Waals surface area (Å²) in [6, 6.07) is 20.1. The zero-order valence-electron chi connectivity index (χ0n) is 19.3. The Morgan fingerprint density at radius 3 is 2.18 bits per heavy atom. The summed E-state index contributed by atoms with van der Waals surface area (Å²) in [5.74, 6) is 1.58. The molecule has 168 valence electrons. The summed E-state index contributed by atoms with van der Waals surface area (Å²) in [5, 5.41) is 4.08. The maximum absolute atomic E-state index is 14.0. The highest BCUT2D eigenvalue weighted by molar-refractivity contribution is 5.35. The van der Waals surface area contributed by atoms with Crippen LogP contribution in [0.5, 0.6) is 0 Å². The average molecular weight is 441 g/mol. The lowest BCUT2D eigenvalue weighted by atomic mass is 9.97. The number of nitrogens with zero attached hydrogens (tertiary/aromatic N) is 4. The van der Waals surface area contributed by atoms with E-state index in [1.807, 2.05) is 61.7 Å². The molecule has 2 aromatic carbocycles. The summed E-state index contributed by atoms with van der Waals surface area (Å²) in [6.07, 6.45) is 0.761. The van der Waals surface area contributed by atoms with Gasteiger partial charge in [0, 0.05) is 31.6 Å². The van der Waals surface area contributed by atoms with E-state index in [4.69, 9.17) is 9.51 Å². The third-order valence-corrected chi connectivity index (χ3v) is 6.57. The molecule has 4 aromatic rings. The molecule has 6 heteroatoms. The summed E-state index contributed by atoms with van der Waals surface area (Å²) >= 11 is 0. The first-order valence-electron chi connectivity index (χ1n) is 11.4. The molecule has 0 radical (unpaired) electrons. The van der Waals surface area contributed by atoms with Crippen LogP contribution in [0.3, 0.4) is 0 Å². The van der Waals surface area contributed by atoms with Gasteiger partial charge < -0.3 is 4.52 Å². The average Bonchev–Trinajstić information content (AvgIpc) is 3.15. The van der Waals surface area contributed by atoms with Crippen molar-refractivity contribution in [3.63, 3.8) is 0 Å². The molecule has 0 aliphatic carbocycles. The minimum absolute atomic E-state index is 0.0404. The van der Waals surface area contributed by atoms with Gasteiger partial charge in [0.1, 0.15) is 11.6 Å². The highest BCUT2D eigenvalue weighted by Gasteiger charge is 2.27. The Bertz CT molecular complexity index is 1270. The third kappa shape index (κ3) is 4.02. The van der Waals surface area contributed by atoms with E-state index in [0.29, 0.717) is 13.1 Å². The molecule has 0 saturated heterocycles. The number of benzene rings is 2. The molecule has 0 atom stereocenters. The molecule has 0 bridgehead atoms. The molecule has 33 heavy (non-hydrogen) atoms. The number of hydrogen-bond acceptors (Lipinski definition) is 5. The second kappa shape index (κ2) is 8.79. The van der Waals surface area contributed by atoms with Gasteiger partial charge in [-0.05, 0) is 31.9 Å². The summed E-state index contributed by atoms with van der Waals surface area (Å²) < 4.78 is 7.20. The molecular weight excluding hydrogens is 412 g/mol. The zero-order chi connectivity index (χ0) is 22.9. The van der Waals surface area contributed by atoms with Gasteiger partial charge in [-0.2, -0.15) is 0 Å². The first-order chi connectivity index (χ1) is 16.0. The number of rotatable bonds is 5. The van der Waals surface area contributed by atoms with Gasteiger partial charge in [-0.25, -0.2) is 4.98 Å². The van der Waals surface area contributed by atoms with Crippen LogP contribution >= 0.6 is 0 Å². The summed E-state index contributed by atoms with van der Waals surface area (Å²) in [7, 11) is 0. The molecule has 0 N–H and O–H groups in total. The number of aryl methyl sites for hydroxylation is 3. The van der Waals surface area contributed by atoms with Crippen molar-refractivity contribution in [2.45, 2.75) is 46.3 Å². The molecule has 6 nitrogen and oxygen atoms in total. The van der Waals surface area contributed by atoms with Gasteiger partial charge in [-0.1, -0.05) is 65.8 Å². The summed E-state index contributed by atoms with van der Waals surface area (Å²) in [6.45, 7) is 7.99. The SMILES string of the molecule is Cc1noc(C)c1CN1CCc2nc(C)n(C(c3ccccc3)c3ccccc3)c(=O)c2C1. The van der Waals surface area contributed by atoms with Crippen LogP contribution in [0.4, 0.5) is 0 Å². The Morgan fingerprint density at radius 2 is 1.61 bits per heavy atom. The van der Waals surface area contributed by atoms with E-state index in [1.165, 1.54) is 0 Å². The van der Waals surface area contributed by atoms with E-state index in [0.717, 1.165) is 58.2 Å². The monoisotopic (exact) mass is 440 g/mol. The van der Waals surface area contributed by atoms with Crippen LogP contribution in [-0.4, -0.2) is 26.2 Å². The summed E-state index contributed by atoms with van der Waals surface area (Å²) in [5.41, 5.74) is 5.90. The van der Waals surface area contributed by atoms with E-state index in [-0.39, 0.29) is 11.6 Å². The highest BCUT2D eigenvalue weighted by atomic mass is 16.5. The molecule has 0 unspecified atom stereocenters. The fourth-order valence-corrected chi connectivity index (χ4v) is 4.82. The van der Waals surface area contributed by atoms with E-state index >= 15 is 0 Å². The van der Waals surface area contributed by atoms with Crippen molar-refractivity contribution < 1.29 is 4.52 Å². The van der Waals surface area contributed by atoms with Crippen LogP contribution in [-0.2, 0) is 19.5 Å². The Hall–Kier alpha value is -3.51. The van der Waals surface area contributed by atoms with Gasteiger partial charge in [-0.3, -0.25) is 14.3 Å². The van der Waals surface area contributed by atoms with E-state index < -0.39 is 0 Å². The first kappa shape index (κ1) is 21.3. The number of aromatic nitrogens is 3. The smallest absolute Gasteiger partial charge is 0.259 e. The van der Waals surface area contributed by atoms with Crippen LogP contribution in [0, 0.1) is 20.8 Å². The van der Waals surface area contributed by atoms with Gasteiger partial charge in [0.15, 0.2) is 0 Å². The Kier molecular flexibility index (Phi) is 5.68. The minimum atomic E-state index is -0.226. The van der Waals surface area contributed by atoms with Crippen LogP contribution in [0.25, 0.3) is 0 Å². The largest absolute Gasteiger partial charge is 0.361 e. The Labute approximate surface area is 193 Å². The maximum atomic E-state index is 14.0. The standard InChI is InChI=1S/C27H28N4O2/c1-18-23(19(2)33-29-18)16-30-15-14-25-24(17-30)27(32)31(20(3)28-25)26(21-10-6-4-7-11-21)22-12-8-5-9-13-22/h4-13,26H,14-17H2,1-3H3. The van der Waals surface area contributed by atoms with Crippen molar-refractivity contribution >= 4 is 0 Å². The molecule has 0 spiro atoms. The maximum Gasteiger partial charge on any atom is 0.259 e. The van der Waals surface area contributed by atoms with Crippen molar-refractivity contribution in [3.8, 4) is 0 Å². The predicted octanol–water partition coefficient (Wildman–Crippen LogP) is 4.35. The minimum Gasteiger partial charge on any atom is -0.361 e. The van der Waals surface area contributed by atoms with E-state index in [1.54, 1.807) is 0 Å². The molecule has 1 aliphatic heterocycles. The number of fused-ring (bicyclic) bond motifs is 1. The Balaban J connectivity index is 1.58. The quantitative estimate of drug-likeness (QED) is 0.462. The second-order valence-electron chi connectivity index (χ2n) is 8.75. The highest BCUT2D eigenvalue weighted by Crippen LogP contribution is 2.28. The molecule has 5 rings (SSSR count). The van der Waals surface area contributed by atoms with Crippen molar-refractivity contribution in [1.82, 2.24) is 19.6 Å². The fraction of sp³-hybridized carbons (Fsp3) is 0.296. The van der Waals surface area contributed by atoms with E-state index in [9.17, 15) is 4.79 Å². The van der Waals surface area contributed by atoms with Crippen LogP contribution in [0.1, 0.15) is 51.3 Å². The van der Waals surface area contributed by atoms with Gasteiger partial charge in [-0.15, -0.1) is 0 Å². The molecule has 2 aromatic heterocycles. The lowest BCUT2D eigenvalue weighted by Crippen LogP contribution is -2.40. The lowest BCUT2D eigenvalue weighted by Gasteiger charge is -2.30. The molecule has 0 amide bonds. The molecular formula is C27H28N4O2. The molecule has 1 aliphatic rings. The van der Waals surface area contributed by atoms with E-state index in [2.05, 4.69) is 34.3 Å². The van der Waals surface area contributed by atoms with Gasteiger partial charge in [0.25, 0.3) is 5.56 Å². The van der Waals surface area contributed by atoms with Crippen molar-refractivity contribution in [3.05, 3.63) is 116 Å². The topological polar surface area (TPSA) is 64.2 Å². The lowest BCUT2D eigenvalue weighted by molar-refractivity contribution is 0.238. The molecule has 0 saturated carbocycles. The van der Waals surface area contributed by atoms with Crippen LogP contribution in [0.2, 0.25) is 0 Å². The molecule has 3 heterocycles. The Morgan fingerprint density at radius 1 is 0.970 bits per heavy atom. The van der Waals surface area contributed by atoms with Gasteiger partial charge in [0.05, 0.1) is 23.0 Å². The van der Waals surface area contributed by atoms with Crippen molar-refractivity contribution in [2.75, 3.05) is 6.54 Å². The first-order valence-corrected chi connectivity index (χ1v) is 11.4. The second-order valence-corrected chi connectivity index (χ2v) is 8.75. The normalized spacial score (nSPS) is 13.9. The zero-order valence-corrected chi connectivity index (χ0v) is 19.3. The molecule has 0 fully saturated rings.